The summed E-state index contributed by atoms with van der Waals surface area (Å²) in [6.07, 6.45) is 9.00. The van der Waals surface area contributed by atoms with Gasteiger partial charge in [0.1, 0.15) is 0 Å². The molecule has 0 spiro atoms. The minimum Gasteiger partial charge on any atom is -0.396 e. The first-order valence-corrected chi connectivity index (χ1v) is 7.40. The Balaban J connectivity index is 1.70. The van der Waals surface area contributed by atoms with Crippen LogP contribution in [0.3, 0.4) is 0 Å². The van der Waals surface area contributed by atoms with Gasteiger partial charge >= 0.3 is 0 Å². The van der Waals surface area contributed by atoms with Gasteiger partial charge in [-0.15, -0.1) is 0 Å². The highest BCUT2D eigenvalue weighted by Crippen LogP contribution is 2.26. The molecule has 4 unspecified atom stereocenters. The van der Waals surface area contributed by atoms with Gasteiger partial charge in [0, 0.05) is 24.7 Å². The first-order chi connectivity index (χ1) is 8.29. The fourth-order valence-electron chi connectivity index (χ4n) is 3.46. The molecule has 4 atom stereocenters. The van der Waals surface area contributed by atoms with Gasteiger partial charge in [0.05, 0.1) is 0 Å². The quantitative estimate of drug-likeness (QED) is 0.685. The molecule has 2 rings (SSSR count). The largest absolute Gasteiger partial charge is 0.396 e. The number of hydrogen-bond donors (Lipinski definition) is 3. The van der Waals surface area contributed by atoms with E-state index in [4.69, 9.17) is 0 Å². The molecule has 0 aromatic rings. The van der Waals surface area contributed by atoms with Crippen LogP contribution in [0.15, 0.2) is 0 Å². The van der Waals surface area contributed by atoms with Gasteiger partial charge in [-0.1, -0.05) is 12.8 Å². The fraction of sp³-hybridized carbons (Fsp3) is 1.00. The smallest absolute Gasteiger partial charge is 0.0474 e. The molecule has 1 saturated heterocycles. The van der Waals surface area contributed by atoms with E-state index in [1.54, 1.807) is 0 Å². The van der Waals surface area contributed by atoms with E-state index < -0.39 is 0 Å². The zero-order valence-corrected chi connectivity index (χ0v) is 11.1. The normalized spacial score (nSPS) is 36.0. The molecule has 0 radical (unpaired) electrons. The first kappa shape index (κ1) is 13.3. The number of nitrogens with one attached hydrogen (secondary N) is 2. The second-order valence-corrected chi connectivity index (χ2v) is 5.93. The summed E-state index contributed by atoms with van der Waals surface area (Å²) in [5, 5.41) is 16.7. The summed E-state index contributed by atoms with van der Waals surface area (Å²) in [4.78, 5) is 0. The van der Waals surface area contributed by atoms with Crippen molar-refractivity contribution in [2.24, 2.45) is 5.92 Å². The minimum absolute atomic E-state index is 0.353. The van der Waals surface area contributed by atoms with Gasteiger partial charge in [0.2, 0.25) is 0 Å². The predicted octanol–water partition coefficient (Wildman–Crippen LogP) is 1.66. The van der Waals surface area contributed by atoms with Crippen molar-refractivity contribution in [3.8, 4) is 0 Å². The molecule has 0 amide bonds. The third-order valence-electron chi connectivity index (χ3n) is 4.44. The fourth-order valence-corrected chi connectivity index (χ4v) is 3.46. The molecule has 0 bridgehead atoms. The molecule has 2 aliphatic rings. The van der Waals surface area contributed by atoms with Gasteiger partial charge in [-0.3, -0.25) is 0 Å². The van der Waals surface area contributed by atoms with Crippen molar-refractivity contribution < 1.29 is 5.11 Å². The molecule has 1 saturated carbocycles. The summed E-state index contributed by atoms with van der Waals surface area (Å²) in [5.41, 5.74) is 0. The van der Waals surface area contributed by atoms with Gasteiger partial charge in [-0.2, -0.15) is 0 Å². The van der Waals surface area contributed by atoms with Crippen LogP contribution >= 0.6 is 0 Å². The number of aliphatic hydroxyl groups excluding tert-OH is 1. The Labute approximate surface area is 105 Å². The van der Waals surface area contributed by atoms with E-state index in [9.17, 15) is 5.11 Å². The van der Waals surface area contributed by atoms with Crippen LogP contribution in [0.1, 0.15) is 51.9 Å². The molecule has 3 heteroatoms. The average Bonchev–Trinajstić information content (AvgIpc) is 2.77. The van der Waals surface area contributed by atoms with Gasteiger partial charge in [-0.25, -0.2) is 0 Å². The highest BCUT2D eigenvalue weighted by molar-refractivity contribution is 4.86. The number of piperidine rings is 1. The Morgan fingerprint density at radius 3 is 2.82 bits per heavy atom. The molecule has 100 valence electrons. The van der Waals surface area contributed by atoms with Crippen LogP contribution in [0, 0.1) is 5.92 Å². The summed E-state index contributed by atoms with van der Waals surface area (Å²) < 4.78 is 0. The summed E-state index contributed by atoms with van der Waals surface area (Å²) in [5.74, 6) is 0.497. The van der Waals surface area contributed by atoms with Crippen molar-refractivity contribution >= 4 is 0 Å². The highest BCUT2D eigenvalue weighted by Gasteiger charge is 2.28. The van der Waals surface area contributed by atoms with Gasteiger partial charge < -0.3 is 15.7 Å². The SMILES string of the molecule is CC(CC1CCCCN1)NC1CCCC1CO. The Morgan fingerprint density at radius 2 is 2.12 bits per heavy atom. The average molecular weight is 240 g/mol. The van der Waals surface area contributed by atoms with E-state index in [2.05, 4.69) is 17.6 Å². The monoisotopic (exact) mass is 240 g/mol. The zero-order chi connectivity index (χ0) is 12.1. The lowest BCUT2D eigenvalue weighted by Gasteiger charge is -2.29. The third kappa shape index (κ3) is 3.94. The van der Waals surface area contributed by atoms with E-state index in [-0.39, 0.29) is 0 Å². The van der Waals surface area contributed by atoms with Crippen molar-refractivity contribution in [2.45, 2.75) is 70.0 Å². The molecule has 0 aromatic heterocycles. The van der Waals surface area contributed by atoms with Crippen molar-refractivity contribution in [2.75, 3.05) is 13.2 Å². The second-order valence-electron chi connectivity index (χ2n) is 5.93. The number of rotatable bonds is 5. The van der Waals surface area contributed by atoms with Crippen LogP contribution in [0.25, 0.3) is 0 Å². The van der Waals surface area contributed by atoms with Crippen LogP contribution < -0.4 is 10.6 Å². The molecular weight excluding hydrogens is 212 g/mol. The van der Waals surface area contributed by atoms with Crippen molar-refractivity contribution in [3.63, 3.8) is 0 Å². The summed E-state index contributed by atoms with van der Waals surface area (Å²) in [7, 11) is 0. The Morgan fingerprint density at radius 1 is 1.24 bits per heavy atom. The zero-order valence-electron chi connectivity index (χ0n) is 11.1. The highest BCUT2D eigenvalue weighted by atomic mass is 16.3. The van der Waals surface area contributed by atoms with Crippen LogP contribution in [0.4, 0.5) is 0 Å². The van der Waals surface area contributed by atoms with E-state index in [1.165, 1.54) is 51.5 Å². The van der Waals surface area contributed by atoms with Crippen LogP contribution in [0.5, 0.6) is 0 Å². The maximum atomic E-state index is 9.32. The van der Waals surface area contributed by atoms with Gasteiger partial charge in [0.25, 0.3) is 0 Å². The van der Waals surface area contributed by atoms with Crippen molar-refractivity contribution in [1.82, 2.24) is 10.6 Å². The minimum atomic E-state index is 0.353. The summed E-state index contributed by atoms with van der Waals surface area (Å²) in [6.45, 7) is 3.84. The molecular formula is C14H28N2O. The lowest BCUT2D eigenvalue weighted by atomic mass is 9.97. The summed E-state index contributed by atoms with van der Waals surface area (Å²) in [6, 6.07) is 1.83. The molecule has 3 N–H and O–H groups in total. The Hall–Kier alpha value is -0.120. The van der Waals surface area contributed by atoms with E-state index in [0.29, 0.717) is 30.7 Å². The molecule has 17 heavy (non-hydrogen) atoms. The molecule has 1 aliphatic carbocycles. The molecule has 1 aliphatic heterocycles. The van der Waals surface area contributed by atoms with Crippen LogP contribution in [0.2, 0.25) is 0 Å². The Bertz CT molecular complexity index is 216. The van der Waals surface area contributed by atoms with Crippen molar-refractivity contribution in [1.29, 1.82) is 0 Å². The number of hydrogen-bond acceptors (Lipinski definition) is 3. The second kappa shape index (κ2) is 6.72. The maximum absolute atomic E-state index is 9.32. The number of aliphatic hydroxyl groups is 1. The first-order valence-electron chi connectivity index (χ1n) is 7.40. The topological polar surface area (TPSA) is 44.3 Å². The van der Waals surface area contributed by atoms with E-state index >= 15 is 0 Å². The van der Waals surface area contributed by atoms with E-state index in [0.717, 1.165) is 0 Å². The third-order valence-corrected chi connectivity index (χ3v) is 4.44. The van der Waals surface area contributed by atoms with Crippen LogP contribution in [-0.4, -0.2) is 36.4 Å². The Kier molecular flexibility index (Phi) is 5.26. The lowest BCUT2D eigenvalue weighted by molar-refractivity contribution is 0.197. The predicted molar refractivity (Wildman–Crippen MR) is 71.1 cm³/mol. The lowest BCUT2D eigenvalue weighted by Crippen LogP contribution is -2.44. The summed E-state index contributed by atoms with van der Waals surface area (Å²) >= 11 is 0. The standard InChI is InChI=1S/C14H28N2O/c1-11(9-13-6-2-3-8-15-13)16-14-7-4-5-12(14)10-17/h11-17H,2-10H2,1H3. The maximum Gasteiger partial charge on any atom is 0.0474 e. The van der Waals surface area contributed by atoms with Crippen LogP contribution in [-0.2, 0) is 0 Å². The van der Waals surface area contributed by atoms with Gasteiger partial charge in [0.15, 0.2) is 0 Å². The van der Waals surface area contributed by atoms with Gasteiger partial charge in [-0.05, 0) is 51.5 Å². The molecule has 1 heterocycles. The van der Waals surface area contributed by atoms with E-state index in [1.807, 2.05) is 0 Å². The molecule has 2 fully saturated rings. The van der Waals surface area contributed by atoms with Crippen molar-refractivity contribution in [3.05, 3.63) is 0 Å². The molecule has 3 nitrogen and oxygen atoms in total. The molecule has 0 aromatic carbocycles.